The zero-order valence-corrected chi connectivity index (χ0v) is 8.74. The topological polar surface area (TPSA) is 0 Å². The third-order valence-electron chi connectivity index (χ3n) is 1.68. The monoisotopic (exact) mass is 233 g/mol. The van der Waals surface area contributed by atoms with E-state index in [1.807, 2.05) is 0 Å². The summed E-state index contributed by atoms with van der Waals surface area (Å²) in [7, 11) is 0. The molecule has 0 unspecified atom stereocenters. The summed E-state index contributed by atoms with van der Waals surface area (Å²) in [5, 5.41) is 0. The predicted octanol–water partition coefficient (Wildman–Crippen LogP) is 3.21. The highest BCUT2D eigenvalue weighted by atomic mass is 79.9. The molecule has 0 spiro atoms. The van der Waals surface area contributed by atoms with Gasteiger partial charge in [-0.1, -0.05) is 36.4 Å². The summed E-state index contributed by atoms with van der Waals surface area (Å²) in [4.78, 5) is 0. The van der Waals surface area contributed by atoms with E-state index in [9.17, 15) is 0 Å². The Kier molecular flexibility index (Phi) is 2.78. The van der Waals surface area contributed by atoms with Crippen molar-refractivity contribution in [2.45, 2.75) is 0 Å². The largest absolute Gasteiger partial charge is 0.319 e. The van der Waals surface area contributed by atoms with Gasteiger partial charge in [0.05, 0.1) is 0 Å². The number of halogens is 1. The number of benzene rings is 2. The zero-order valence-electron chi connectivity index (χ0n) is 7.15. The van der Waals surface area contributed by atoms with Crippen LogP contribution in [-0.2, 0) is 0 Å². The fourth-order valence-corrected chi connectivity index (χ4v) is 2.75. The van der Waals surface area contributed by atoms with Gasteiger partial charge in [-0.15, -0.1) is 0 Å². The maximum Gasteiger partial charge on any atom is 0.319 e. The lowest BCUT2D eigenvalue weighted by Crippen LogP contribution is -1.81. The Morgan fingerprint density at radius 3 is 1.31 bits per heavy atom. The van der Waals surface area contributed by atoms with E-state index < -0.39 is 0 Å². The van der Waals surface area contributed by atoms with Crippen molar-refractivity contribution in [2.75, 3.05) is 0 Å². The first kappa shape index (κ1) is 8.52. The molecule has 0 heterocycles. The highest BCUT2D eigenvalue weighted by molar-refractivity contribution is 5.04. The van der Waals surface area contributed by atoms with Gasteiger partial charge < -0.3 is 0 Å². The fourth-order valence-electron chi connectivity index (χ4n) is 1.08. The van der Waals surface area contributed by atoms with E-state index >= 15 is 0 Å². The van der Waals surface area contributed by atoms with Crippen LogP contribution >= 0.6 is 0 Å². The summed E-state index contributed by atoms with van der Waals surface area (Å²) in [6, 6.07) is 21.2. The second-order valence-electron chi connectivity index (χ2n) is 2.69. The minimum absolute atomic E-state index is 0.745. The Morgan fingerprint density at radius 1 is 0.538 bits per heavy atom. The Morgan fingerprint density at radius 2 is 0.923 bits per heavy atom. The number of rotatable bonds is 2. The molecule has 0 aliphatic heterocycles. The smallest absolute Gasteiger partial charge is 0.0619 e. The first-order valence-corrected chi connectivity index (χ1v) is 5.79. The molecule has 0 saturated heterocycles. The molecule has 0 fully saturated rings. The minimum Gasteiger partial charge on any atom is -0.0619 e. The molecule has 0 N–H and O–H groups in total. The van der Waals surface area contributed by atoms with E-state index in [4.69, 9.17) is 0 Å². The summed E-state index contributed by atoms with van der Waals surface area (Å²) in [6.45, 7) is 0. The van der Waals surface area contributed by atoms with Crippen LogP contribution in [0.25, 0.3) is 0 Å². The first-order valence-electron chi connectivity index (χ1n) is 4.20. The van der Waals surface area contributed by atoms with Crippen LogP contribution in [0.1, 0.15) is 0 Å². The summed E-state index contributed by atoms with van der Waals surface area (Å²) in [5.41, 5.74) is 0. The van der Waals surface area contributed by atoms with E-state index in [1.54, 1.807) is 0 Å². The van der Waals surface area contributed by atoms with Crippen molar-refractivity contribution in [1.29, 1.82) is 0 Å². The molecule has 0 aromatic heterocycles. The molecule has 2 aromatic rings. The van der Waals surface area contributed by atoms with E-state index in [1.165, 1.54) is 8.95 Å². The lowest BCUT2D eigenvalue weighted by molar-refractivity contribution is -0.586. The van der Waals surface area contributed by atoms with Crippen molar-refractivity contribution in [1.82, 2.24) is 0 Å². The molecule has 0 radical (unpaired) electrons. The van der Waals surface area contributed by atoms with E-state index in [-0.39, 0.29) is 0 Å². The van der Waals surface area contributed by atoms with Crippen molar-refractivity contribution in [3.05, 3.63) is 69.6 Å². The molecule has 1 heteroatoms. The van der Waals surface area contributed by atoms with E-state index in [2.05, 4.69) is 60.7 Å². The molecular formula is C12H10Br+. The van der Waals surface area contributed by atoms with Crippen molar-refractivity contribution >= 4 is 0 Å². The average Bonchev–Trinajstić information content (AvgIpc) is 2.21. The molecule has 0 nitrogen and oxygen atoms in total. The van der Waals surface area contributed by atoms with Gasteiger partial charge in [0.1, 0.15) is 0 Å². The van der Waals surface area contributed by atoms with Gasteiger partial charge in [0, 0.05) is 0 Å². The molecule has 2 rings (SSSR count). The molecule has 0 aliphatic rings. The summed E-state index contributed by atoms with van der Waals surface area (Å²) in [6.07, 6.45) is 0. The van der Waals surface area contributed by atoms with Crippen LogP contribution in [0.2, 0.25) is 0 Å². The number of hydrogen-bond acceptors (Lipinski definition) is 0. The van der Waals surface area contributed by atoms with Gasteiger partial charge in [0.25, 0.3) is 0 Å². The molecule has 13 heavy (non-hydrogen) atoms. The van der Waals surface area contributed by atoms with Crippen molar-refractivity contribution in [3.63, 3.8) is 0 Å². The lowest BCUT2D eigenvalue weighted by atomic mass is 10.4. The Balaban J connectivity index is 2.16. The van der Waals surface area contributed by atoms with E-state index in [0.29, 0.717) is 0 Å². The standard InChI is InChI=1S/C12H10Br/c1-3-7-11(8-4-1)13-12-9-5-2-6-10-12/h1-10H/q+1. The van der Waals surface area contributed by atoms with Crippen LogP contribution < -0.4 is 0 Å². The Hall–Kier alpha value is -1.08. The van der Waals surface area contributed by atoms with Gasteiger partial charge in [0.2, 0.25) is 8.95 Å². The van der Waals surface area contributed by atoms with Crippen LogP contribution in [0.5, 0.6) is 0 Å². The number of hydrogen-bond donors (Lipinski definition) is 0. The lowest BCUT2D eigenvalue weighted by Gasteiger charge is -1.84. The Bertz CT molecular complexity index is 316. The maximum absolute atomic E-state index is 2.17. The normalized spacial score (nSPS) is 9.85. The first-order chi connectivity index (χ1) is 6.45. The molecular weight excluding hydrogens is 224 g/mol. The molecule has 64 valence electrons. The van der Waals surface area contributed by atoms with E-state index in [0.717, 1.165) is 14.9 Å². The molecule has 2 aromatic carbocycles. The fraction of sp³-hybridized carbons (Fsp3) is 0. The predicted molar refractivity (Wildman–Crippen MR) is 50.4 cm³/mol. The highest BCUT2D eigenvalue weighted by Gasteiger charge is 2.12. The molecule has 0 aliphatic carbocycles. The maximum atomic E-state index is 2.17. The van der Waals surface area contributed by atoms with Crippen LogP contribution in [0.15, 0.2) is 69.6 Å². The van der Waals surface area contributed by atoms with Gasteiger partial charge in [-0.05, 0) is 24.3 Å². The van der Waals surface area contributed by atoms with Gasteiger partial charge in [0.15, 0.2) is 0 Å². The van der Waals surface area contributed by atoms with Crippen LogP contribution in [0.4, 0.5) is 0 Å². The van der Waals surface area contributed by atoms with Crippen molar-refractivity contribution < 1.29 is 14.9 Å². The SMILES string of the molecule is c1ccc([Br+]c2ccccc2)cc1. The van der Waals surface area contributed by atoms with Gasteiger partial charge in [-0.2, -0.15) is 0 Å². The van der Waals surface area contributed by atoms with Gasteiger partial charge in [-0.25, -0.2) is 0 Å². The van der Waals surface area contributed by atoms with Gasteiger partial charge >= 0.3 is 14.9 Å². The third-order valence-corrected chi connectivity index (χ3v) is 3.66. The second-order valence-corrected chi connectivity index (χ2v) is 4.91. The molecule has 0 amide bonds. The summed E-state index contributed by atoms with van der Waals surface area (Å²) < 4.78 is 2.80. The molecule has 0 bridgehead atoms. The zero-order chi connectivity index (χ0) is 8.93. The van der Waals surface area contributed by atoms with Gasteiger partial charge in [-0.3, -0.25) is 0 Å². The second kappa shape index (κ2) is 4.24. The van der Waals surface area contributed by atoms with Crippen LogP contribution in [0.3, 0.4) is 0 Å². The quantitative estimate of drug-likeness (QED) is 0.748. The average molecular weight is 234 g/mol. The Labute approximate surface area is 84.7 Å². The van der Waals surface area contributed by atoms with Crippen LogP contribution in [0, 0.1) is 14.9 Å². The van der Waals surface area contributed by atoms with Crippen molar-refractivity contribution in [3.8, 4) is 0 Å². The minimum atomic E-state index is 0.745. The molecule has 0 saturated carbocycles. The highest BCUT2D eigenvalue weighted by Crippen LogP contribution is 2.11. The van der Waals surface area contributed by atoms with Crippen molar-refractivity contribution in [2.24, 2.45) is 0 Å². The third kappa shape index (κ3) is 2.43. The molecule has 0 atom stereocenters. The summed E-state index contributed by atoms with van der Waals surface area (Å²) in [5.74, 6) is 0. The summed E-state index contributed by atoms with van der Waals surface area (Å²) >= 11 is 0.745. The van der Waals surface area contributed by atoms with Crippen LogP contribution in [-0.4, -0.2) is 0 Å².